The quantitative estimate of drug-likeness (QED) is 0.744. The molecule has 2 fully saturated rings. The van der Waals surface area contributed by atoms with Crippen LogP contribution in [0.15, 0.2) is 0 Å². The third-order valence-corrected chi connectivity index (χ3v) is 4.14. The molecule has 2 aliphatic heterocycles. The molecular weight excluding hydrogens is 212 g/mol. The number of nitrogens with one attached hydrogen (secondary N) is 1. The van der Waals surface area contributed by atoms with Gasteiger partial charge in [-0.05, 0) is 47.1 Å². The molecule has 0 aromatic rings. The average molecular weight is 240 g/mol. The lowest BCUT2D eigenvalue weighted by atomic mass is 10.1. The number of piperazine rings is 1. The van der Waals surface area contributed by atoms with Crippen molar-refractivity contribution in [2.75, 3.05) is 60.4 Å². The predicted molar refractivity (Wildman–Crippen MR) is 72.4 cm³/mol. The van der Waals surface area contributed by atoms with Crippen LogP contribution in [-0.2, 0) is 0 Å². The molecule has 2 aliphatic rings. The molecule has 2 heterocycles. The van der Waals surface area contributed by atoms with Gasteiger partial charge in [0.05, 0.1) is 0 Å². The van der Waals surface area contributed by atoms with Gasteiger partial charge in [0, 0.05) is 38.3 Å². The monoisotopic (exact) mass is 240 g/mol. The number of hydrogen-bond acceptors (Lipinski definition) is 4. The summed E-state index contributed by atoms with van der Waals surface area (Å²) >= 11 is 0. The molecule has 0 aromatic carbocycles. The molecule has 17 heavy (non-hydrogen) atoms. The third-order valence-electron chi connectivity index (χ3n) is 4.14. The maximum Gasteiger partial charge on any atom is 0.0239 e. The van der Waals surface area contributed by atoms with Crippen molar-refractivity contribution in [3.8, 4) is 0 Å². The van der Waals surface area contributed by atoms with Crippen molar-refractivity contribution in [2.45, 2.75) is 24.9 Å². The van der Waals surface area contributed by atoms with E-state index in [4.69, 9.17) is 0 Å². The Morgan fingerprint density at radius 3 is 2.88 bits per heavy atom. The topological polar surface area (TPSA) is 21.8 Å². The minimum absolute atomic E-state index is 0.735. The van der Waals surface area contributed by atoms with Crippen molar-refractivity contribution >= 4 is 0 Å². The van der Waals surface area contributed by atoms with E-state index in [9.17, 15) is 0 Å². The van der Waals surface area contributed by atoms with Crippen LogP contribution in [0.4, 0.5) is 0 Å². The summed E-state index contributed by atoms with van der Waals surface area (Å²) < 4.78 is 0. The summed E-state index contributed by atoms with van der Waals surface area (Å²) in [5, 5.41) is 3.61. The molecule has 0 bridgehead atoms. The van der Waals surface area contributed by atoms with E-state index in [0.717, 1.165) is 12.1 Å². The summed E-state index contributed by atoms with van der Waals surface area (Å²) in [6.07, 6.45) is 2.60. The minimum atomic E-state index is 0.735. The molecule has 0 amide bonds. The van der Waals surface area contributed by atoms with E-state index >= 15 is 0 Å². The Hall–Kier alpha value is -0.160. The first-order valence-corrected chi connectivity index (χ1v) is 6.96. The summed E-state index contributed by atoms with van der Waals surface area (Å²) in [5.74, 6) is 0. The van der Waals surface area contributed by atoms with Gasteiger partial charge in [-0.15, -0.1) is 0 Å². The SMILES string of the molecule is CN(C)CCC1CNCCC2CN(C)CCN12. The fourth-order valence-corrected chi connectivity index (χ4v) is 3.09. The molecule has 2 rings (SSSR count). The largest absolute Gasteiger partial charge is 0.315 e. The molecule has 2 atom stereocenters. The lowest BCUT2D eigenvalue weighted by molar-refractivity contribution is 0.0536. The van der Waals surface area contributed by atoms with Crippen LogP contribution in [-0.4, -0.2) is 87.2 Å². The Kier molecular flexibility index (Phi) is 4.79. The van der Waals surface area contributed by atoms with Crippen LogP contribution < -0.4 is 5.32 Å². The van der Waals surface area contributed by atoms with Crippen molar-refractivity contribution in [1.82, 2.24) is 20.0 Å². The van der Waals surface area contributed by atoms with Gasteiger partial charge in [0.2, 0.25) is 0 Å². The molecule has 2 unspecified atom stereocenters. The highest BCUT2D eigenvalue weighted by Gasteiger charge is 2.31. The molecule has 0 radical (unpaired) electrons. The van der Waals surface area contributed by atoms with Gasteiger partial charge in [-0.1, -0.05) is 0 Å². The maximum atomic E-state index is 3.61. The van der Waals surface area contributed by atoms with Crippen LogP contribution >= 0.6 is 0 Å². The molecule has 100 valence electrons. The fraction of sp³-hybridized carbons (Fsp3) is 1.00. The zero-order valence-corrected chi connectivity index (χ0v) is 11.7. The predicted octanol–water partition coefficient (Wildman–Crippen LogP) is -0.0840. The summed E-state index contributed by atoms with van der Waals surface area (Å²) in [5.41, 5.74) is 0. The molecule has 0 aliphatic carbocycles. The molecule has 0 spiro atoms. The number of likely N-dealkylation sites (N-methyl/N-ethyl adjacent to an activating group) is 1. The Morgan fingerprint density at radius 1 is 1.29 bits per heavy atom. The first-order valence-electron chi connectivity index (χ1n) is 6.96. The van der Waals surface area contributed by atoms with E-state index in [2.05, 4.69) is 41.2 Å². The van der Waals surface area contributed by atoms with Crippen LogP contribution in [0.1, 0.15) is 12.8 Å². The summed E-state index contributed by atoms with van der Waals surface area (Å²) in [4.78, 5) is 7.55. The van der Waals surface area contributed by atoms with Crippen molar-refractivity contribution in [3.05, 3.63) is 0 Å². The standard InChI is InChI=1S/C13H28N4/c1-15(2)7-5-12-10-14-6-4-13-11-16(3)8-9-17(12)13/h12-14H,4-11H2,1-3H3. The second kappa shape index (κ2) is 6.14. The number of fused-ring (bicyclic) bond motifs is 1. The minimum Gasteiger partial charge on any atom is -0.315 e. The second-order valence-corrected chi connectivity index (χ2v) is 5.89. The first-order chi connectivity index (χ1) is 8.16. The van der Waals surface area contributed by atoms with Gasteiger partial charge in [0.25, 0.3) is 0 Å². The summed E-state index contributed by atoms with van der Waals surface area (Å²) in [6, 6.07) is 1.51. The summed E-state index contributed by atoms with van der Waals surface area (Å²) in [6.45, 7) is 7.29. The Balaban J connectivity index is 1.94. The number of nitrogens with zero attached hydrogens (tertiary/aromatic N) is 3. The summed E-state index contributed by atoms with van der Waals surface area (Å²) in [7, 11) is 6.60. The van der Waals surface area contributed by atoms with Gasteiger partial charge >= 0.3 is 0 Å². The van der Waals surface area contributed by atoms with Crippen LogP contribution in [0.3, 0.4) is 0 Å². The van der Waals surface area contributed by atoms with Gasteiger partial charge in [-0.2, -0.15) is 0 Å². The Labute approximate surface area is 106 Å². The van der Waals surface area contributed by atoms with E-state index < -0.39 is 0 Å². The van der Waals surface area contributed by atoms with Gasteiger partial charge in [0.1, 0.15) is 0 Å². The molecule has 4 heteroatoms. The molecular formula is C13H28N4. The Morgan fingerprint density at radius 2 is 2.12 bits per heavy atom. The van der Waals surface area contributed by atoms with E-state index in [1.54, 1.807) is 0 Å². The van der Waals surface area contributed by atoms with Crippen molar-refractivity contribution in [2.24, 2.45) is 0 Å². The molecule has 4 nitrogen and oxygen atoms in total. The Bertz CT molecular complexity index is 231. The van der Waals surface area contributed by atoms with Crippen LogP contribution in [0.2, 0.25) is 0 Å². The van der Waals surface area contributed by atoms with Crippen molar-refractivity contribution in [1.29, 1.82) is 0 Å². The van der Waals surface area contributed by atoms with E-state index in [1.807, 2.05) is 0 Å². The molecule has 1 N–H and O–H groups in total. The zero-order valence-electron chi connectivity index (χ0n) is 11.7. The average Bonchev–Trinajstić information content (AvgIpc) is 2.48. The van der Waals surface area contributed by atoms with E-state index in [1.165, 1.54) is 52.1 Å². The molecule has 2 saturated heterocycles. The maximum absolute atomic E-state index is 3.61. The van der Waals surface area contributed by atoms with Crippen molar-refractivity contribution in [3.63, 3.8) is 0 Å². The third kappa shape index (κ3) is 3.65. The second-order valence-electron chi connectivity index (χ2n) is 5.89. The smallest absolute Gasteiger partial charge is 0.0239 e. The van der Waals surface area contributed by atoms with E-state index in [-0.39, 0.29) is 0 Å². The van der Waals surface area contributed by atoms with Crippen LogP contribution in [0.25, 0.3) is 0 Å². The lowest BCUT2D eigenvalue weighted by Crippen LogP contribution is -2.56. The van der Waals surface area contributed by atoms with Crippen LogP contribution in [0, 0.1) is 0 Å². The van der Waals surface area contributed by atoms with Crippen LogP contribution in [0.5, 0.6) is 0 Å². The molecule has 0 aromatic heterocycles. The highest BCUT2D eigenvalue weighted by atomic mass is 15.3. The highest BCUT2D eigenvalue weighted by molar-refractivity contribution is 4.89. The first kappa shape index (κ1) is 13.3. The van der Waals surface area contributed by atoms with Gasteiger partial charge in [-0.25, -0.2) is 0 Å². The number of hydrogen-bond donors (Lipinski definition) is 1. The van der Waals surface area contributed by atoms with Gasteiger partial charge in [-0.3, -0.25) is 4.90 Å². The lowest BCUT2D eigenvalue weighted by Gasteiger charge is -2.43. The number of rotatable bonds is 3. The fourth-order valence-electron chi connectivity index (χ4n) is 3.09. The van der Waals surface area contributed by atoms with Crippen molar-refractivity contribution < 1.29 is 0 Å². The normalized spacial score (nSPS) is 32.5. The molecule has 0 saturated carbocycles. The zero-order chi connectivity index (χ0) is 12.3. The van der Waals surface area contributed by atoms with Gasteiger partial charge in [0.15, 0.2) is 0 Å². The van der Waals surface area contributed by atoms with E-state index in [0.29, 0.717) is 0 Å². The van der Waals surface area contributed by atoms with Gasteiger partial charge < -0.3 is 15.1 Å². The highest BCUT2D eigenvalue weighted by Crippen LogP contribution is 2.19.